The second-order valence-corrected chi connectivity index (χ2v) is 3.84. The van der Waals surface area contributed by atoms with Gasteiger partial charge in [0.15, 0.2) is 5.75 Å². The first-order valence-corrected chi connectivity index (χ1v) is 5.90. The molecule has 0 atom stereocenters. The van der Waals surface area contributed by atoms with Crippen molar-refractivity contribution in [2.75, 3.05) is 12.3 Å². The highest BCUT2D eigenvalue weighted by Gasteiger charge is 2.01. The average molecular weight is 244 g/mol. The van der Waals surface area contributed by atoms with Gasteiger partial charge < -0.3 is 15.2 Å². The lowest BCUT2D eigenvalue weighted by Crippen LogP contribution is -1.95. The Morgan fingerprint density at radius 2 is 1.83 bits per heavy atom. The van der Waals surface area contributed by atoms with Crippen LogP contribution in [-0.2, 0) is 0 Å². The Morgan fingerprint density at radius 1 is 1.11 bits per heavy atom. The molecule has 0 aliphatic rings. The Kier molecular flexibility index (Phi) is 4.02. The zero-order valence-electron chi connectivity index (χ0n) is 10.3. The van der Waals surface area contributed by atoms with E-state index >= 15 is 0 Å². The summed E-state index contributed by atoms with van der Waals surface area (Å²) in [7, 11) is 0. The normalized spacial score (nSPS) is 10.1. The number of nitrogens with two attached hydrogens (primary N) is 1. The van der Waals surface area contributed by atoms with Gasteiger partial charge in [-0.25, -0.2) is 0 Å². The number of benzene rings is 1. The summed E-state index contributed by atoms with van der Waals surface area (Å²) in [5.74, 6) is 2.16. The molecular formula is C14H16N2O2. The van der Waals surface area contributed by atoms with Crippen LogP contribution in [0.2, 0.25) is 0 Å². The maximum absolute atomic E-state index is 5.75. The number of rotatable bonds is 5. The summed E-state index contributed by atoms with van der Waals surface area (Å²) >= 11 is 0. The third-order valence-corrected chi connectivity index (χ3v) is 2.33. The van der Waals surface area contributed by atoms with Gasteiger partial charge in [0, 0.05) is 12.3 Å². The van der Waals surface area contributed by atoms with Crippen LogP contribution in [-0.4, -0.2) is 11.6 Å². The molecule has 2 N–H and O–H groups in total. The third-order valence-electron chi connectivity index (χ3n) is 2.33. The Morgan fingerprint density at radius 3 is 2.50 bits per heavy atom. The summed E-state index contributed by atoms with van der Waals surface area (Å²) in [5.41, 5.74) is 6.27. The molecule has 0 saturated carbocycles. The van der Waals surface area contributed by atoms with Crippen molar-refractivity contribution in [3.8, 4) is 17.2 Å². The van der Waals surface area contributed by atoms with Crippen LogP contribution >= 0.6 is 0 Å². The maximum atomic E-state index is 5.75. The zero-order chi connectivity index (χ0) is 12.8. The number of nitrogens with zero attached hydrogens (tertiary/aromatic N) is 1. The van der Waals surface area contributed by atoms with Crippen molar-refractivity contribution in [1.29, 1.82) is 0 Å². The smallest absolute Gasteiger partial charge is 0.153 e. The van der Waals surface area contributed by atoms with E-state index in [0.717, 1.165) is 24.5 Å². The Hall–Kier alpha value is -2.23. The molecule has 18 heavy (non-hydrogen) atoms. The molecule has 0 amide bonds. The van der Waals surface area contributed by atoms with Crippen molar-refractivity contribution in [2.24, 2.45) is 0 Å². The van der Waals surface area contributed by atoms with Crippen LogP contribution in [0.15, 0.2) is 42.7 Å². The van der Waals surface area contributed by atoms with Gasteiger partial charge in [-0.3, -0.25) is 4.98 Å². The topological polar surface area (TPSA) is 57.4 Å². The van der Waals surface area contributed by atoms with Crippen LogP contribution in [0.3, 0.4) is 0 Å². The van der Waals surface area contributed by atoms with Gasteiger partial charge in [-0.1, -0.05) is 6.92 Å². The summed E-state index contributed by atoms with van der Waals surface area (Å²) in [5, 5.41) is 0. The van der Waals surface area contributed by atoms with Crippen LogP contribution in [0.25, 0.3) is 0 Å². The summed E-state index contributed by atoms with van der Waals surface area (Å²) in [6.45, 7) is 2.79. The van der Waals surface area contributed by atoms with Crippen molar-refractivity contribution in [3.63, 3.8) is 0 Å². The Bertz CT molecular complexity index is 497. The van der Waals surface area contributed by atoms with Crippen LogP contribution < -0.4 is 15.2 Å². The van der Waals surface area contributed by atoms with Crippen LogP contribution in [0.5, 0.6) is 17.2 Å². The number of hydrogen-bond acceptors (Lipinski definition) is 4. The fraction of sp³-hybridized carbons (Fsp3) is 0.214. The van der Waals surface area contributed by atoms with E-state index in [1.54, 1.807) is 18.5 Å². The Labute approximate surface area is 106 Å². The molecule has 0 aliphatic heterocycles. The third kappa shape index (κ3) is 3.13. The highest BCUT2D eigenvalue weighted by molar-refractivity contribution is 5.51. The first-order chi connectivity index (χ1) is 8.79. The van der Waals surface area contributed by atoms with Crippen molar-refractivity contribution in [1.82, 2.24) is 4.98 Å². The molecule has 4 heteroatoms. The Balaban J connectivity index is 2.04. The lowest BCUT2D eigenvalue weighted by molar-refractivity contribution is 0.317. The molecular weight excluding hydrogens is 228 g/mol. The van der Waals surface area contributed by atoms with E-state index in [9.17, 15) is 0 Å². The molecule has 4 nitrogen and oxygen atoms in total. The fourth-order valence-corrected chi connectivity index (χ4v) is 1.44. The van der Waals surface area contributed by atoms with Crippen LogP contribution in [0.4, 0.5) is 5.69 Å². The standard InChI is InChI=1S/C14H16N2O2/c1-2-9-17-11-3-5-12(6-4-11)18-14-7-8-16-10-13(14)15/h3-8,10H,2,9,15H2,1H3. The second kappa shape index (κ2) is 5.91. The summed E-state index contributed by atoms with van der Waals surface area (Å²) in [4.78, 5) is 3.91. The quantitative estimate of drug-likeness (QED) is 0.877. The van der Waals surface area contributed by atoms with Gasteiger partial charge in [0.25, 0.3) is 0 Å². The molecule has 2 rings (SSSR count). The van der Waals surface area contributed by atoms with E-state index in [4.69, 9.17) is 15.2 Å². The molecule has 94 valence electrons. The van der Waals surface area contributed by atoms with Gasteiger partial charge in [-0.2, -0.15) is 0 Å². The highest BCUT2D eigenvalue weighted by atomic mass is 16.5. The number of pyridine rings is 1. The zero-order valence-corrected chi connectivity index (χ0v) is 10.3. The lowest BCUT2D eigenvalue weighted by Gasteiger charge is -2.09. The highest BCUT2D eigenvalue weighted by Crippen LogP contribution is 2.27. The van der Waals surface area contributed by atoms with Gasteiger partial charge in [-0.05, 0) is 30.7 Å². The van der Waals surface area contributed by atoms with E-state index in [-0.39, 0.29) is 0 Å². The monoisotopic (exact) mass is 244 g/mol. The van der Waals surface area contributed by atoms with Crippen LogP contribution in [0, 0.1) is 0 Å². The van der Waals surface area contributed by atoms with E-state index < -0.39 is 0 Å². The van der Waals surface area contributed by atoms with Gasteiger partial charge in [0.1, 0.15) is 11.5 Å². The van der Waals surface area contributed by atoms with Gasteiger partial charge in [0.05, 0.1) is 18.5 Å². The SMILES string of the molecule is CCCOc1ccc(Oc2ccncc2N)cc1. The minimum atomic E-state index is 0.517. The molecule has 1 aromatic heterocycles. The number of hydrogen-bond donors (Lipinski definition) is 1. The largest absolute Gasteiger partial charge is 0.494 e. The number of anilines is 1. The predicted molar refractivity (Wildman–Crippen MR) is 71.0 cm³/mol. The van der Waals surface area contributed by atoms with Gasteiger partial charge in [-0.15, -0.1) is 0 Å². The molecule has 0 fully saturated rings. The molecule has 0 saturated heterocycles. The summed E-state index contributed by atoms with van der Waals surface area (Å²) < 4.78 is 11.1. The van der Waals surface area contributed by atoms with Crippen molar-refractivity contribution >= 4 is 5.69 Å². The number of nitrogen functional groups attached to an aromatic ring is 1. The number of ether oxygens (including phenoxy) is 2. The van der Waals surface area contributed by atoms with Gasteiger partial charge in [0.2, 0.25) is 0 Å². The first-order valence-electron chi connectivity index (χ1n) is 5.90. The summed E-state index contributed by atoms with van der Waals surface area (Å²) in [6, 6.07) is 9.19. The van der Waals surface area contributed by atoms with Crippen molar-refractivity contribution < 1.29 is 9.47 Å². The average Bonchev–Trinajstić information content (AvgIpc) is 2.41. The predicted octanol–water partition coefficient (Wildman–Crippen LogP) is 3.24. The second-order valence-electron chi connectivity index (χ2n) is 3.84. The van der Waals surface area contributed by atoms with Crippen molar-refractivity contribution in [2.45, 2.75) is 13.3 Å². The van der Waals surface area contributed by atoms with Crippen LogP contribution in [0.1, 0.15) is 13.3 Å². The first kappa shape index (κ1) is 12.2. The maximum Gasteiger partial charge on any atom is 0.153 e. The molecule has 1 heterocycles. The lowest BCUT2D eigenvalue weighted by atomic mass is 10.3. The number of aromatic nitrogens is 1. The minimum absolute atomic E-state index is 0.517. The molecule has 0 spiro atoms. The van der Waals surface area contributed by atoms with E-state index in [0.29, 0.717) is 11.4 Å². The van der Waals surface area contributed by atoms with Crippen molar-refractivity contribution in [3.05, 3.63) is 42.7 Å². The fourth-order valence-electron chi connectivity index (χ4n) is 1.44. The molecule has 1 aromatic carbocycles. The minimum Gasteiger partial charge on any atom is -0.494 e. The molecule has 2 aromatic rings. The van der Waals surface area contributed by atoms with E-state index in [2.05, 4.69) is 11.9 Å². The molecule has 0 aliphatic carbocycles. The molecule has 0 bridgehead atoms. The molecule has 0 radical (unpaired) electrons. The molecule has 0 unspecified atom stereocenters. The summed E-state index contributed by atoms with van der Waals surface area (Å²) in [6.07, 6.45) is 4.20. The van der Waals surface area contributed by atoms with E-state index in [1.165, 1.54) is 0 Å². The van der Waals surface area contributed by atoms with E-state index in [1.807, 2.05) is 24.3 Å². The van der Waals surface area contributed by atoms with Gasteiger partial charge >= 0.3 is 0 Å².